The molecule has 0 unspecified atom stereocenters. The Bertz CT molecular complexity index is 617. The molecule has 0 bridgehead atoms. The number of thiazole rings is 1. The van der Waals surface area contributed by atoms with Gasteiger partial charge in [0.05, 0.1) is 6.26 Å². The first-order valence-corrected chi connectivity index (χ1v) is 9.00. The highest BCUT2D eigenvalue weighted by atomic mass is 32.2. The van der Waals surface area contributed by atoms with Gasteiger partial charge in [-0.1, -0.05) is 0 Å². The van der Waals surface area contributed by atoms with Crippen molar-refractivity contribution in [2.75, 3.05) is 24.2 Å². The van der Waals surface area contributed by atoms with E-state index in [0.717, 1.165) is 24.2 Å². The number of nitrogens with zero attached hydrogens (tertiary/aromatic N) is 2. The molecule has 0 radical (unpaired) electrons. The van der Waals surface area contributed by atoms with E-state index < -0.39 is 10.1 Å². The minimum Gasteiger partial charge on any atom is -0.348 e. The summed E-state index contributed by atoms with van der Waals surface area (Å²) in [6, 6.07) is 0.309. The van der Waals surface area contributed by atoms with Crippen LogP contribution in [-0.4, -0.2) is 50.8 Å². The molecular weight excluding hydrogens is 302 g/mol. The maximum absolute atomic E-state index is 11.8. The van der Waals surface area contributed by atoms with E-state index in [1.54, 1.807) is 5.38 Å². The van der Waals surface area contributed by atoms with Gasteiger partial charge >= 0.3 is 0 Å². The predicted molar refractivity (Wildman–Crippen MR) is 74.5 cm³/mol. The second kappa shape index (κ2) is 4.97. The summed E-state index contributed by atoms with van der Waals surface area (Å²) in [5, 5.41) is 5.32. The highest BCUT2D eigenvalue weighted by molar-refractivity contribution is 7.86. The molecule has 1 saturated heterocycles. The summed E-state index contributed by atoms with van der Waals surface area (Å²) in [7, 11) is -3.41. The molecule has 9 heteroatoms. The van der Waals surface area contributed by atoms with Crippen LogP contribution in [0.1, 0.15) is 23.3 Å². The zero-order valence-electron chi connectivity index (χ0n) is 10.9. The van der Waals surface area contributed by atoms with E-state index >= 15 is 0 Å². The fraction of sp³-hybridized carbons (Fsp3) is 0.636. The Labute approximate surface area is 121 Å². The first-order chi connectivity index (χ1) is 9.40. The Balaban J connectivity index is 1.54. The first kappa shape index (κ1) is 13.8. The molecule has 1 aliphatic carbocycles. The lowest BCUT2D eigenvalue weighted by Crippen LogP contribution is -2.53. The lowest BCUT2D eigenvalue weighted by atomic mass is 10.2. The van der Waals surface area contributed by atoms with Crippen molar-refractivity contribution in [2.45, 2.75) is 25.0 Å². The van der Waals surface area contributed by atoms with Crippen LogP contribution < -0.4 is 10.2 Å². The first-order valence-electron chi connectivity index (χ1n) is 6.30. The van der Waals surface area contributed by atoms with Crippen LogP contribution in [0.3, 0.4) is 0 Å². The van der Waals surface area contributed by atoms with E-state index in [9.17, 15) is 13.2 Å². The minimum atomic E-state index is -3.41. The maximum atomic E-state index is 11.8. The van der Waals surface area contributed by atoms with Gasteiger partial charge in [0, 0.05) is 24.5 Å². The van der Waals surface area contributed by atoms with Crippen molar-refractivity contribution < 1.29 is 17.4 Å². The van der Waals surface area contributed by atoms with Crippen molar-refractivity contribution in [3.63, 3.8) is 0 Å². The molecule has 0 atom stereocenters. The van der Waals surface area contributed by atoms with Crippen molar-refractivity contribution in [1.29, 1.82) is 0 Å². The number of aromatic nitrogens is 1. The van der Waals surface area contributed by atoms with Gasteiger partial charge < -0.3 is 10.2 Å². The lowest BCUT2D eigenvalue weighted by Gasteiger charge is -2.37. The Kier molecular flexibility index (Phi) is 3.43. The van der Waals surface area contributed by atoms with Crippen LogP contribution in [0, 0.1) is 0 Å². The maximum Gasteiger partial charge on any atom is 0.271 e. The number of hydrogen-bond donors (Lipinski definition) is 1. The Morgan fingerprint density at radius 1 is 1.50 bits per heavy atom. The second-order valence-electron chi connectivity index (χ2n) is 5.09. The highest BCUT2D eigenvalue weighted by Crippen LogP contribution is 2.27. The van der Waals surface area contributed by atoms with E-state index in [0.29, 0.717) is 24.8 Å². The van der Waals surface area contributed by atoms with E-state index in [-0.39, 0.29) is 12.0 Å². The summed E-state index contributed by atoms with van der Waals surface area (Å²) in [6.45, 7) is 0.953. The number of nitrogens with one attached hydrogen (secondary N) is 1. The average Bonchev–Trinajstić information content (AvgIpc) is 2.97. The molecule has 3 rings (SSSR count). The zero-order valence-corrected chi connectivity index (χ0v) is 12.5. The molecule has 1 saturated carbocycles. The molecule has 1 aromatic heterocycles. The number of hydrogen-bond acceptors (Lipinski definition) is 7. The molecule has 1 aromatic rings. The van der Waals surface area contributed by atoms with Crippen molar-refractivity contribution in [2.24, 2.45) is 0 Å². The Hall–Kier alpha value is -1.19. The van der Waals surface area contributed by atoms with Crippen LogP contribution in [0.4, 0.5) is 5.13 Å². The average molecular weight is 317 g/mol. The van der Waals surface area contributed by atoms with Crippen molar-refractivity contribution in [3.05, 3.63) is 11.1 Å². The van der Waals surface area contributed by atoms with Crippen LogP contribution in [-0.2, 0) is 14.3 Å². The smallest absolute Gasteiger partial charge is 0.271 e. The molecule has 0 aromatic carbocycles. The van der Waals surface area contributed by atoms with Crippen LogP contribution in [0.25, 0.3) is 0 Å². The van der Waals surface area contributed by atoms with Crippen LogP contribution >= 0.6 is 11.3 Å². The lowest BCUT2D eigenvalue weighted by molar-refractivity contribution is 0.0947. The zero-order chi connectivity index (χ0) is 14.3. The Morgan fingerprint density at radius 3 is 2.80 bits per heavy atom. The number of rotatable bonds is 5. The molecule has 1 amide bonds. The van der Waals surface area contributed by atoms with Crippen LogP contribution in [0.15, 0.2) is 5.38 Å². The quantitative estimate of drug-likeness (QED) is 0.781. The van der Waals surface area contributed by atoms with Gasteiger partial charge in [0.1, 0.15) is 11.8 Å². The van der Waals surface area contributed by atoms with Crippen LogP contribution in [0.5, 0.6) is 0 Å². The molecule has 20 heavy (non-hydrogen) atoms. The number of anilines is 1. The van der Waals surface area contributed by atoms with Crippen molar-refractivity contribution >= 4 is 32.5 Å². The molecule has 1 aliphatic heterocycles. The second-order valence-corrected chi connectivity index (χ2v) is 7.53. The molecular formula is C11H15N3O4S2. The monoisotopic (exact) mass is 317 g/mol. The molecule has 7 nitrogen and oxygen atoms in total. The summed E-state index contributed by atoms with van der Waals surface area (Å²) < 4.78 is 26.8. The van der Waals surface area contributed by atoms with Crippen LogP contribution in [0.2, 0.25) is 0 Å². The minimum absolute atomic E-state index is 0.139. The third kappa shape index (κ3) is 3.28. The van der Waals surface area contributed by atoms with Crippen molar-refractivity contribution in [3.8, 4) is 0 Å². The fourth-order valence-electron chi connectivity index (χ4n) is 1.90. The molecule has 2 aliphatic rings. The predicted octanol–water partition coefficient (Wildman–Crippen LogP) is 0.200. The standard InChI is InChI=1S/C11H15N3O4S2/c1-20(16,17)18-8-4-14(5-8)11-13-9(6-19-11)10(15)12-7-2-3-7/h6-8H,2-5H2,1H3,(H,12,15). The van der Waals surface area contributed by atoms with Gasteiger partial charge in [-0.2, -0.15) is 8.42 Å². The largest absolute Gasteiger partial charge is 0.348 e. The number of carbonyl (C=O) groups is 1. The van der Waals surface area contributed by atoms with E-state index in [2.05, 4.69) is 10.3 Å². The normalized spacial score (nSPS) is 19.8. The summed E-state index contributed by atoms with van der Waals surface area (Å²) >= 11 is 1.38. The summed E-state index contributed by atoms with van der Waals surface area (Å²) in [5.41, 5.74) is 0.421. The topological polar surface area (TPSA) is 88.6 Å². The molecule has 2 heterocycles. The third-order valence-corrected chi connectivity index (χ3v) is 4.59. The van der Waals surface area contributed by atoms with E-state index in [1.165, 1.54) is 11.3 Å². The van der Waals surface area contributed by atoms with E-state index in [4.69, 9.17) is 4.18 Å². The SMILES string of the molecule is CS(=O)(=O)OC1CN(c2nc(C(=O)NC3CC3)cs2)C1. The Morgan fingerprint density at radius 2 is 2.20 bits per heavy atom. The van der Waals surface area contributed by atoms with Gasteiger partial charge in [-0.05, 0) is 12.8 Å². The van der Waals surface area contributed by atoms with Gasteiger partial charge in [0.25, 0.3) is 16.0 Å². The molecule has 1 N–H and O–H groups in total. The summed E-state index contributed by atoms with van der Waals surface area (Å²) in [6.07, 6.45) is 2.80. The molecule has 0 spiro atoms. The molecule has 2 fully saturated rings. The molecule has 110 valence electrons. The fourth-order valence-corrected chi connectivity index (χ4v) is 3.35. The number of amides is 1. The van der Waals surface area contributed by atoms with E-state index in [1.807, 2.05) is 4.90 Å². The van der Waals surface area contributed by atoms with Gasteiger partial charge in [0.15, 0.2) is 5.13 Å². The highest BCUT2D eigenvalue weighted by Gasteiger charge is 2.33. The van der Waals surface area contributed by atoms with Crippen molar-refractivity contribution in [1.82, 2.24) is 10.3 Å². The number of carbonyl (C=O) groups excluding carboxylic acids is 1. The van der Waals surface area contributed by atoms with Gasteiger partial charge in [-0.25, -0.2) is 4.98 Å². The van der Waals surface area contributed by atoms with Gasteiger partial charge in [-0.3, -0.25) is 8.98 Å². The van der Waals surface area contributed by atoms with Gasteiger partial charge in [0.2, 0.25) is 0 Å². The summed E-state index contributed by atoms with van der Waals surface area (Å²) in [4.78, 5) is 18.0. The third-order valence-electron chi connectivity index (χ3n) is 3.07. The van der Waals surface area contributed by atoms with Gasteiger partial charge in [-0.15, -0.1) is 11.3 Å². The summed E-state index contributed by atoms with van der Waals surface area (Å²) in [5.74, 6) is -0.139.